The predicted octanol–water partition coefficient (Wildman–Crippen LogP) is 1.90. The fraction of sp³-hybridized carbons (Fsp3) is 0.462. The van der Waals surface area contributed by atoms with Gasteiger partial charge in [0.15, 0.2) is 0 Å². The molecule has 0 aliphatic rings. The predicted molar refractivity (Wildman–Crippen MR) is 81.9 cm³/mol. The van der Waals surface area contributed by atoms with E-state index in [9.17, 15) is 13.2 Å². The van der Waals surface area contributed by atoms with E-state index in [1.165, 1.54) is 12.1 Å². The molecule has 1 rings (SSSR count). The van der Waals surface area contributed by atoms with Gasteiger partial charge in [0.1, 0.15) is 0 Å². The zero-order valence-corrected chi connectivity index (χ0v) is 13.7. The molecule has 3 N–H and O–H groups in total. The van der Waals surface area contributed by atoms with Gasteiger partial charge in [0.05, 0.1) is 9.72 Å². The summed E-state index contributed by atoms with van der Waals surface area (Å²) in [6.07, 6.45) is 2.40. The first-order chi connectivity index (χ1) is 9.40. The van der Waals surface area contributed by atoms with E-state index in [-0.39, 0.29) is 4.90 Å². The molecular weight excluding hydrogens is 344 g/mol. The minimum absolute atomic E-state index is 0.0539. The molecule has 5 nitrogen and oxygen atoms in total. The lowest BCUT2D eigenvalue weighted by molar-refractivity contribution is -0.118. The van der Waals surface area contributed by atoms with Gasteiger partial charge < -0.3 is 5.73 Å². The van der Waals surface area contributed by atoms with Crippen molar-refractivity contribution in [1.82, 2.24) is 4.72 Å². The van der Waals surface area contributed by atoms with Gasteiger partial charge in [-0.15, -0.1) is 0 Å². The van der Waals surface area contributed by atoms with Crippen LogP contribution in [0.5, 0.6) is 0 Å². The second-order valence-electron chi connectivity index (χ2n) is 4.43. The smallest absolute Gasteiger partial charge is 0.264 e. The number of halogens is 1. The number of sulfonamides is 1. The van der Waals surface area contributed by atoms with Crippen molar-refractivity contribution in [3.8, 4) is 0 Å². The number of nitrogens with one attached hydrogen (secondary N) is 1. The Morgan fingerprint density at radius 1 is 1.35 bits per heavy atom. The number of carbonyl (C=O) groups is 1. The number of benzene rings is 1. The lowest BCUT2D eigenvalue weighted by atomic mass is 10.2. The van der Waals surface area contributed by atoms with E-state index < -0.39 is 20.8 Å². The number of hydrogen-bond acceptors (Lipinski definition) is 4. The van der Waals surface area contributed by atoms with Crippen molar-refractivity contribution in [2.75, 3.05) is 0 Å². The number of carbonyl (C=O) groups excluding carboxylic acids is 1. The molecule has 0 spiro atoms. The first kappa shape index (κ1) is 17.1. The first-order valence-electron chi connectivity index (χ1n) is 6.40. The van der Waals surface area contributed by atoms with E-state index in [0.717, 1.165) is 18.4 Å². The Hall–Kier alpha value is -0.920. The Balaban J connectivity index is 2.75. The van der Waals surface area contributed by atoms with Crippen LogP contribution in [0.2, 0.25) is 0 Å². The van der Waals surface area contributed by atoms with Crippen LogP contribution >= 0.6 is 15.9 Å². The number of amides is 1. The Morgan fingerprint density at radius 3 is 2.45 bits per heavy atom. The third-order valence-corrected chi connectivity index (χ3v) is 5.04. The molecule has 7 heteroatoms. The maximum Gasteiger partial charge on any atom is 0.264 e. The Labute approximate surface area is 128 Å². The van der Waals surface area contributed by atoms with Crippen molar-refractivity contribution in [2.45, 2.75) is 42.5 Å². The van der Waals surface area contributed by atoms with E-state index in [1.54, 1.807) is 12.1 Å². The number of hydrogen-bond donors (Lipinski definition) is 2. The first-order valence-corrected chi connectivity index (χ1v) is 8.80. The van der Waals surface area contributed by atoms with E-state index >= 15 is 0 Å². The summed E-state index contributed by atoms with van der Waals surface area (Å²) in [5.41, 5.74) is 6.28. The number of alkyl halides is 1. The van der Waals surface area contributed by atoms with E-state index in [2.05, 4.69) is 20.7 Å². The van der Waals surface area contributed by atoms with Crippen LogP contribution in [-0.2, 0) is 21.4 Å². The number of rotatable bonds is 7. The summed E-state index contributed by atoms with van der Waals surface area (Å²) < 4.78 is 26.1. The summed E-state index contributed by atoms with van der Waals surface area (Å²) in [4.78, 5) is 11.4. The summed E-state index contributed by atoms with van der Waals surface area (Å²) >= 11 is 3.20. The lowest BCUT2D eigenvalue weighted by Gasteiger charge is -2.11. The van der Waals surface area contributed by atoms with Gasteiger partial charge in [0.25, 0.3) is 10.0 Å². The molecule has 0 saturated heterocycles. The highest BCUT2D eigenvalue weighted by Gasteiger charge is 2.22. The third kappa shape index (κ3) is 4.88. The molecule has 20 heavy (non-hydrogen) atoms. The summed E-state index contributed by atoms with van der Waals surface area (Å²) in [5, 5.41) is 0. The van der Waals surface area contributed by atoms with E-state index in [4.69, 9.17) is 5.73 Å². The van der Waals surface area contributed by atoms with Crippen molar-refractivity contribution >= 4 is 31.9 Å². The van der Waals surface area contributed by atoms with Gasteiger partial charge in [-0.2, -0.15) is 0 Å². The van der Waals surface area contributed by atoms with Crippen molar-refractivity contribution in [3.05, 3.63) is 29.8 Å². The van der Waals surface area contributed by atoms with Crippen LogP contribution in [0.3, 0.4) is 0 Å². The van der Waals surface area contributed by atoms with Crippen LogP contribution in [-0.4, -0.2) is 19.2 Å². The van der Waals surface area contributed by atoms with Gasteiger partial charge in [-0.25, -0.2) is 13.1 Å². The van der Waals surface area contributed by atoms with Crippen molar-refractivity contribution in [1.29, 1.82) is 0 Å². The second-order valence-corrected chi connectivity index (χ2v) is 7.22. The molecule has 1 atom stereocenters. The van der Waals surface area contributed by atoms with Crippen LogP contribution in [0.25, 0.3) is 0 Å². The minimum Gasteiger partial charge on any atom is -0.326 e. The highest BCUT2D eigenvalue weighted by Crippen LogP contribution is 2.14. The van der Waals surface area contributed by atoms with Crippen molar-refractivity contribution in [2.24, 2.45) is 5.73 Å². The fourth-order valence-corrected chi connectivity index (χ4v) is 3.18. The Bertz CT molecular complexity index is 543. The van der Waals surface area contributed by atoms with Crippen LogP contribution in [0.1, 0.15) is 31.7 Å². The monoisotopic (exact) mass is 362 g/mol. The van der Waals surface area contributed by atoms with Gasteiger partial charge in [-0.3, -0.25) is 4.79 Å². The molecular formula is C13H19BrN2O3S. The van der Waals surface area contributed by atoms with Crippen LogP contribution in [0.4, 0.5) is 0 Å². The molecule has 0 saturated carbocycles. The maximum atomic E-state index is 12.0. The molecule has 0 heterocycles. The number of nitrogens with two attached hydrogens (primary N) is 1. The Morgan fingerprint density at radius 2 is 1.95 bits per heavy atom. The number of unbranched alkanes of at least 4 members (excludes halogenated alkanes) is 1. The SMILES string of the molecule is CCCCC(Br)C(=O)NS(=O)(=O)c1ccc(CN)cc1. The zero-order chi connectivity index (χ0) is 15.2. The average molecular weight is 363 g/mol. The molecule has 1 aromatic rings. The highest BCUT2D eigenvalue weighted by molar-refractivity contribution is 9.10. The minimum atomic E-state index is -3.82. The summed E-state index contributed by atoms with van der Waals surface area (Å²) in [7, 11) is -3.82. The molecule has 1 amide bonds. The molecule has 1 unspecified atom stereocenters. The van der Waals surface area contributed by atoms with Crippen LogP contribution in [0.15, 0.2) is 29.2 Å². The largest absolute Gasteiger partial charge is 0.326 e. The third-order valence-electron chi connectivity index (χ3n) is 2.80. The van der Waals surface area contributed by atoms with Gasteiger partial charge in [-0.1, -0.05) is 47.8 Å². The summed E-state index contributed by atoms with van der Waals surface area (Å²) in [5.74, 6) is -0.540. The maximum absolute atomic E-state index is 12.0. The molecule has 0 bridgehead atoms. The molecule has 0 fully saturated rings. The molecule has 0 aromatic heterocycles. The van der Waals surface area contributed by atoms with Crippen molar-refractivity contribution in [3.63, 3.8) is 0 Å². The second kappa shape index (κ2) is 7.75. The standard InChI is InChI=1S/C13H19BrN2O3S/c1-2-3-4-12(14)13(17)16-20(18,19)11-7-5-10(9-15)6-8-11/h5-8,12H,2-4,9,15H2,1H3,(H,16,17). The summed E-state index contributed by atoms with van der Waals surface area (Å²) in [6, 6.07) is 6.13. The van der Waals surface area contributed by atoms with E-state index in [0.29, 0.717) is 13.0 Å². The topological polar surface area (TPSA) is 89.3 Å². The van der Waals surface area contributed by atoms with Crippen molar-refractivity contribution < 1.29 is 13.2 Å². The fourth-order valence-electron chi connectivity index (χ4n) is 1.57. The summed E-state index contributed by atoms with van der Waals surface area (Å²) in [6.45, 7) is 2.35. The van der Waals surface area contributed by atoms with E-state index in [1.807, 2.05) is 6.92 Å². The molecule has 0 radical (unpaired) electrons. The molecule has 1 aromatic carbocycles. The molecule has 0 aliphatic heterocycles. The Kier molecular flexibility index (Phi) is 6.64. The average Bonchev–Trinajstić information content (AvgIpc) is 2.44. The van der Waals surface area contributed by atoms with Gasteiger partial charge in [0, 0.05) is 6.54 Å². The lowest BCUT2D eigenvalue weighted by Crippen LogP contribution is -2.36. The van der Waals surface area contributed by atoms with Crippen LogP contribution in [0, 0.1) is 0 Å². The van der Waals surface area contributed by atoms with Gasteiger partial charge in [-0.05, 0) is 24.1 Å². The van der Waals surface area contributed by atoms with Crippen LogP contribution < -0.4 is 10.5 Å². The normalized spacial score (nSPS) is 12.9. The van der Waals surface area contributed by atoms with Gasteiger partial charge >= 0.3 is 0 Å². The molecule has 112 valence electrons. The molecule has 0 aliphatic carbocycles. The quantitative estimate of drug-likeness (QED) is 0.724. The highest BCUT2D eigenvalue weighted by atomic mass is 79.9. The zero-order valence-electron chi connectivity index (χ0n) is 11.3. The van der Waals surface area contributed by atoms with Gasteiger partial charge in [0.2, 0.25) is 5.91 Å².